The van der Waals surface area contributed by atoms with E-state index in [1.54, 1.807) is 35.3 Å². The molecule has 0 spiro atoms. The fourth-order valence-electron chi connectivity index (χ4n) is 3.84. The molecule has 0 bridgehead atoms. The lowest BCUT2D eigenvalue weighted by Crippen LogP contribution is -2.73. The lowest BCUT2D eigenvalue weighted by Gasteiger charge is -2.15. The van der Waals surface area contributed by atoms with Crippen LogP contribution in [0.4, 0.5) is 0 Å². The lowest BCUT2D eigenvalue weighted by atomic mass is 10.00. The minimum Gasteiger partial charge on any atom is -0.350 e. The number of aromatic nitrogens is 2. The first kappa shape index (κ1) is 23.1. The smallest absolute Gasteiger partial charge is 0.256 e. The quantitative estimate of drug-likeness (QED) is 0.497. The molecule has 2 aromatic heterocycles. The second kappa shape index (κ2) is 10.2. The number of quaternary nitrogens is 1. The van der Waals surface area contributed by atoms with E-state index in [2.05, 4.69) is 16.4 Å². The monoisotopic (exact) mass is 455 g/mol. The molecule has 34 heavy (non-hydrogen) atoms. The number of allylic oxidation sites excluding steroid dienone is 7. The average molecular weight is 456 g/mol. The topological polar surface area (TPSA) is 101 Å². The fraction of sp³-hybridized carbons (Fsp3) is 0.148. The molecule has 7 nitrogen and oxygen atoms in total. The molecule has 172 valence electrons. The Morgan fingerprint density at radius 2 is 2.09 bits per heavy atom. The van der Waals surface area contributed by atoms with Gasteiger partial charge in [-0.2, -0.15) is 5.48 Å². The van der Waals surface area contributed by atoms with Gasteiger partial charge in [-0.15, -0.1) is 0 Å². The molecule has 0 saturated heterocycles. The summed E-state index contributed by atoms with van der Waals surface area (Å²) >= 11 is 0. The molecule has 1 aliphatic rings. The zero-order valence-corrected chi connectivity index (χ0v) is 19.1. The van der Waals surface area contributed by atoms with Crippen LogP contribution in [0.3, 0.4) is 0 Å². The summed E-state index contributed by atoms with van der Waals surface area (Å²) < 4.78 is 1.76. The molecule has 3 aromatic rings. The summed E-state index contributed by atoms with van der Waals surface area (Å²) in [6.07, 6.45) is 15.7. The number of fused-ring (bicyclic) bond motifs is 1. The number of carbonyl (C=O) groups excluding carboxylic acids is 1. The normalized spacial score (nSPS) is 14.8. The van der Waals surface area contributed by atoms with Crippen LogP contribution in [0.15, 0.2) is 95.7 Å². The number of hydrogen-bond donors (Lipinski definition) is 3. The van der Waals surface area contributed by atoms with Crippen LogP contribution in [0.1, 0.15) is 36.2 Å². The molecule has 0 saturated carbocycles. The molecule has 4 N–H and O–H groups in total. The number of nitrogens with zero attached hydrogens (tertiary/aromatic N) is 2. The summed E-state index contributed by atoms with van der Waals surface area (Å²) in [6, 6.07) is 10.9. The fourth-order valence-corrected chi connectivity index (χ4v) is 3.84. The highest BCUT2D eigenvalue weighted by molar-refractivity contribution is 5.97. The standard InChI is InChI=1S/C27H26N4O3/c1-18(2)30-27(33)24-17-31(26-23(25(24)32)12-7-13-28-26)22-11-6-10-20(15-22)21(16-29-34)14-19-8-4-3-5-9-19/h3-8,10-18,29,34H,9H2,1-2H3,(H,30,33)/p+1/b19-14-,21-16+. The first-order chi connectivity index (χ1) is 16.5. The van der Waals surface area contributed by atoms with E-state index in [-0.39, 0.29) is 17.0 Å². The van der Waals surface area contributed by atoms with E-state index >= 15 is 0 Å². The van der Waals surface area contributed by atoms with Crippen molar-refractivity contribution in [2.24, 2.45) is 0 Å². The molecular weight excluding hydrogens is 428 g/mol. The number of carbonyl (C=O) groups is 1. The second-order valence-corrected chi connectivity index (χ2v) is 8.28. The van der Waals surface area contributed by atoms with E-state index in [0.717, 1.165) is 34.3 Å². The Morgan fingerprint density at radius 1 is 1.24 bits per heavy atom. The van der Waals surface area contributed by atoms with E-state index < -0.39 is 5.91 Å². The van der Waals surface area contributed by atoms with Crippen molar-refractivity contribution < 1.29 is 15.5 Å². The largest absolute Gasteiger partial charge is 0.350 e. The number of benzene rings is 1. The van der Waals surface area contributed by atoms with E-state index in [4.69, 9.17) is 0 Å². The third-order valence-electron chi connectivity index (χ3n) is 5.39. The zero-order chi connectivity index (χ0) is 24.1. The molecule has 1 aromatic carbocycles. The Bertz CT molecular complexity index is 1410. The second-order valence-electron chi connectivity index (χ2n) is 8.28. The lowest BCUT2D eigenvalue weighted by molar-refractivity contribution is -0.837. The van der Waals surface area contributed by atoms with Gasteiger partial charge in [0.05, 0.1) is 5.39 Å². The summed E-state index contributed by atoms with van der Waals surface area (Å²) in [7, 11) is 0. The van der Waals surface area contributed by atoms with Gasteiger partial charge in [0, 0.05) is 29.7 Å². The Hall–Kier alpha value is -4.07. The highest BCUT2D eigenvalue weighted by Gasteiger charge is 2.18. The number of nitrogens with one attached hydrogen (secondary N) is 1. The molecule has 7 heteroatoms. The molecule has 0 unspecified atom stereocenters. The number of pyridine rings is 2. The highest BCUT2D eigenvalue weighted by atomic mass is 16.5. The number of nitrogens with two attached hydrogens (primary N) is 1. The van der Waals surface area contributed by atoms with Gasteiger partial charge in [-0.25, -0.2) is 10.2 Å². The maximum absolute atomic E-state index is 13.0. The molecule has 0 fully saturated rings. The molecule has 0 aliphatic heterocycles. The Kier molecular flexibility index (Phi) is 6.96. The summed E-state index contributed by atoms with van der Waals surface area (Å²) in [5.74, 6) is -0.423. The maximum atomic E-state index is 13.0. The van der Waals surface area contributed by atoms with Crippen molar-refractivity contribution in [3.05, 3.63) is 112 Å². The first-order valence-electron chi connectivity index (χ1n) is 11.1. The van der Waals surface area contributed by atoms with Crippen LogP contribution in [0.2, 0.25) is 0 Å². The molecular formula is C27H27N4O3+. The number of amides is 1. The van der Waals surface area contributed by atoms with Gasteiger partial charge < -0.3 is 9.88 Å². The van der Waals surface area contributed by atoms with Crippen molar-refractivity contribution in [3.63, 3.8) is 0 Å². The van der Waals surface area contributed by atoms with Crippen LogP contribution >= 0.6 is 0 Å². The van der Waals surface area contributed by atoms with Gasteiger partial charge in [-0.3, -0.25) is 9.59 Å². The first-order valence-corrected chi connectivity index (χ1v) is 11.1. The Labute approximate surface area is 197 Å². The van der Waals surface area contributed by atoms with E-state index in [1.807, 2.05) is 62.4 Å². The van der Waals surface area contributed by atoms with Gasteiger partial charge in [0.25, 0.3) is 5.91 Å². The minimum atomic E-state index is -0.423. The van der Waals surface area contributed by atoms with Crippen LogP contribution < -0.4 is 16.2 Å². The molecule has 4 rings (SSSR count). The number of rotatable bonds is 6. The maximum Gasteiger partial charge on any atom is 0.256 e. The van der Waals surface area contributed by atoms with Gasteiger partial charge in [0.1, 0.15) is 17.4 Å². The molecule has 2 heterocycles. The highest BCUT2D eigenvalue weighted by Crippen LogP contribution is 2.24. The van der Waals surface area contributed by atoms with Gasteiger partial charge in [-0.05, 0) is 61.7 Å². The van der Waals surface area contributed by atoms with Crippen molar-refractivity contribution in [2.45, 2.75) is 26.3 Å². The SMILES string of the molecule is CC(C)NC(=O)c1cn(-c2cccc(C(/C=C3/C=CC=CC3)=C/[NH2+]O)c2)c2ncccc2c1=O. The van der Waals surface area contributed by atoms with Crippen LogP contribution in [0.25, 0.3) is 22.3 Å². The van der Waals surface area contributed by atoms with Crippen molar-refractivity contribution in [3.8, 4) is 5.69 Å². The average Bonchev–Trinajstić information content (AvgIpc) is 2.84. The van der Waals surface area contributed by atoms with Crippen LogP contribution in [0, 0.1) is 0 Å². The van der Waals surface area contributed by atoms with Gasteiger partial charge in [0.15, 0.2) is 0 Å². The molecule has 0 radical (unpaired) electrons. The predicted octanol–water partition coefficient (Wildman–Crippen LogP) is 3.26. The summed E-state index contributed by atoms with van der Waals surface area (Å²) in [6.45, 7) is 3.70. The third-order valence-corrected chi connectivity index (χ3v) is 5.39. The van der Waals surface area contributed by atoms with Crippen LogP contribution in [0.5, 0.6) is 0 Å². The summed E-state index contributed by atoms with van der Waals surface area (Å²) in [5, 5.41) is 12.7. The third kappa shape index (κ3) is 4.96. The van der Waals surface area contributed by atoms with E-state index in [9.17, 15) is 14.8 Å². The summed E-state index contributed by atoms with van der Waals surface area (Å²) in [5.41, 5.74) is 4.73. The van der Waals surface area contributed by atoms with Crippen molar-refractivity contribution in [1.82, 2.24) is 14.9 Å². The molecule has 1 amide bonds. The molecule has 1 aliphatic carbocycles. The zero-order valence-electron chi connectivity index (χ0n) is 19.1. The van der Waals surface area contributed by atoms with Crippen molar-refractivity contribution >= 4 is 22.5 Å². The van der Waals surface area contributed by atoms with Gasteiger partial charge in [0.2, 0.25) is 5.43 Å². The predicted molar refractivity (Wildman–Crippen MR) is 133 cm³/mol. The number of hydroxylamine groups is 1. The van der Waals surface area contributed by atoms with Gasteiger partial charge >= 0.3 is 0 Å². The van der Waals surface area contributed by atoms with Crippen molar-refractivity contribution in [2.75, 3.05) is 0 Å². The Morgan fingerprint density at radius 3 is 2.82 bits per heavy atom. The number of hydrogen-bond acceptors (Lipinski definition) is 4. The minimum absolute atomic E-state index is 0.0558. The van der Waals surface area contributed by atoms with Gasteiger partial charge in [-0.1, -0.05) is 36.4 Å². The summed E-state index contributed by atoms with van der Waals surface area (Å²) in [4.78, 5) is 30.2. The van der Waals surface area contributed by atoms with Crippen LogP contribution in [-0.2, 0) is 0 Å². The molecule has 0 atom stereocenters. The van der Waals surface area contributed by atoms with E-state index in [0.29, 0.717) is 11.0 Å². The van der Waals surface area contributed by atoms with E-state index in [1.165, 1.54) is 0 Å². The van der Waals surface area contributed by atoms with Crippen LogP contribution in [-0.4, -0.2) is 26.7 Å². The Balaban J connectivity index is 1.86. The van der Waals surface area contributed by atoms with Crippen molar-refractivity contribution in [1.29, 1.82) is 0 Å².